The SMILES string of the molecule is CO[C@H]1/C=C/O[C@@]2(C)Oc3c(C)c(O)c4c(O)c(cc(O)c4c3C2=O)NC(=O)C(C)CCC[C@H](C)[C@@H](O)[C@@H](C)[C@@H](O)[C@H](C)[C@H](OC(C)=O)[C@H]1C. The predicted molar refractivity (Wildman–Crippen MR) is 184 cm³/mol. The molecule has 0 spiro atoms. The lowest BCUT2D eigenvalue weighted by molar-refractivity contribution is -0.160. The smallest absolute Gasteiger partial charge is 0.312 e. The second-order valence-electron chi connectivity index (χ2n) is 14.2. The number of carbonyl (C=O) groups excluding carboxylic acids is 3. The zero-order valence-electron chi connectivity index (χ0n) is 30.1. The number of aromatic hydroxyl groups is 3. The number of carbonyl (C=O) groups is 3. The number of anilines is 1. The Kier molecular flexibility index (Phi) is 11.6. The van der Waals surface area contributed by atoms with Crippen molar-refractivity contribution in [2.45, 2.75) is 105 Å². The van der Waals surface area contributed by atoms with E-state index in [9.17, 15) is 39.9 Å². The van der Waals surface area contributed by atoms with Gasteiger partial charge in [0.15, 0.2) is 5.75 Å². The van der Waals surface area contributed by atoms with Crippen LogP contribution >= 0.6 is 0 Å². The van der Waals surface area contributed by atoms with Crippen LogP contribution in [0.1, 0.15) is 83.7 Å². The predicted octanol–water partition coefficient (Wildman–Crippen LogP) is 5.06. The zero-order chi connectivity index (χ0) is 37.4. The molecular weight excluding hydrogens is 650 g/mol. The van der Waals surface area contributed by atoms with E-state index in [-0.39, 0.29) is 39.3 Å². The summed E-state index contributed by atoms with van der Waals surface area (Å²) in [5.41, 5.74) is -0.184. The van der Waals surface area contributed by atoms with Gasteiger partial charge in [0.05, 0.1) is 41.2 Å². The molecule has 276 valence electrons. The van der Waals surface area contributed by atoms with Gasteiger partial charge >= 0.3 is 11.8 Å². The largest absolute Gasteiger partial charge is 0.507 e. The number of aliphatic hydroxyl groups is 2. The fourth-order valence-electron chi connectivity index (χ4n) is 7.21. The minimum atomic E-state index is -1.97. The van der Waals surface area contributed by atoms with Gasteiger partial charge in [-0.05, 0) is 31.8 Å². The Morgan fingerprint density at radius 3 is 2.24 bits per heavy atom. The van der Waals surface area contributed by atoms with Crippen molar-refractivity contribution in [2.24, 2.45) is 29.6 Å². The summed E-state index contributed by atoms with van der Waals surface area (Å²) in [5, 5.41) is 58.5. The number of methoxy groups -OCH3 is 1. The number of Topliss-reactive ketones (excluding diaryl/α,β-unsaturated/α-hetero) is 1. The number of benzene rings is 2. The number of fused-ring (bicyclic) bond motifs is 16. The first-order chi connectivity index (χ1) is 23.4. The normalized spacial score (nSPS) is 33.5. The molecule has 5 bridgehead atoms. The second-order valence-corrected chi connectivity index (χ2v) is 14.2. The highest BCUT2D eigenvalue weighted by molar-refractivity contribution is 6.21. The van der Waals surface area contributed by atoms with Crippen LogP contribution in [0.15, 0.2) is 18.4 Å². The Labute approximate surface area is 292 Å². The topological polar surface area (TPSA) is 201 Å². The Morgan fingerprint density at radius 2 is 1.62 bits per heavy atom. The second kappa shape index (κ2) is 15.0. The highest BCUT2D eigenvalue weighted by Gasteiger charge is 2.49. The van der Waals surface area contributed by atoms with Crippen LogP contribution in [0, 0.1) is 36.5 Å². The summed E-state index contributed by atoms with van der Waals surface area (Å²) in [6.07, 6.45) is 0.660. The molecule has 0 saturated carbocycles. The minimum Gasteiger partial charge on any atom is -0.507 e. The van der Waals surface area contributed by atoms with E-state index in [2.05, 4.69) is 5.32 Å². The third-order valence-corrected chi connectivity index (χ3v) is 10.5. The van der Waals surface area contributed by atoms with Crippen LogP contribution in [-0.4, -0.2) is 80.5 Å². The van der Waals surface area contributed by atoms with Crippen molar-refractivity contribution in [2.75, 3.05) is 12.4 Å². The van der Waals surface area contributed by atoms with Gasteiger partial charge in [-0.3, -0.25) is 14.4 Å². The molecule has 3 heterocycles. The maximum Gasteiger partial charge on any atom is 0.312 e. The van der Waals surface area contributed by atoms with Crippen LogP contribution in [-0.2, 0) is 23.8 Å². The van der Waals surface area contributed by atoms with E-state index in [0.29, 0.717) is 19.3 Å². The Balaban J connectivity index is 1.81. The van der Waals surface area contributed by atoms with Gasteiger partial charge in [0.2, 0.25) is 5.91 Å². The summed E-state index contributed by atoms with van der Waals surface area (Å²) in [6, 6.07) is 1.11. The molecule has 13 nitrogen and oxygen atoms in total. The lowest BCUT2D eigenvalue weighted by atomic mass is 9.77. The molecule has 3 aliphatic rings. The van der Waals surface area contributed by atoms with Crippen molar-refractivity contribution >= 4 is 34.1 Å². The van der Waals surface area contributed by atoms with E-state index in [4.69, 9.17) is 18.9 Å². The number of rotatable bonds is 2. The van der Waals surface area contributed by atoms with Gasteiger partial charge in [-0.15, -0.1) is 0 Å². The lowest BCUT2D eigenvalue weighted by Crippen LogP contribution is -2.46. The first-order valence-electron chi connectivity index (χ1n) is 17.1. The first-order valence-corrected chi connectivity index (χ1v) is 17.1. The number of amides is 1. The summed E-state index contributed by atoms with van der Waals surface area (Å²) in [4.78, 5) is 39.4. The lowest BCUT2D eigenvalue weighted by Gasteiger charge is -2.38. The average Bonchev–Trinajstić information content (AvgIpc) is 3.33. The number of phenols is 3. The maximum absolute atomic E-state index is 13.9. The number of nitrogens with one attached hydrogen (secondary N) is 1. The van der Waals surface area contributed by atoms with Crippen LogP contribution in [0.25, 0.3) is 10.8 Å². The van der Waals surface area contributed by atoms with Crippen molar-refractivity contribution in [3.05, 3.63) is 29.5 Å². The van der Waals surface area contributed by atoms with Crippen LogP contribution in [0.3, 0.4) is 0 Å². The van der Waals surface area contributed by atoms with E-state index in [1.807, 2.05) is 6.92 Å². The van der Waals surface area contributed by atoms with Crippen molar-refractivity contribution in [3.8, 4) is 23.0 Å². The van der Waals surface area contributed by atoms with Gasteiger partial charge in [0.25, 0.3) is 5.78 Å². The fourth-order valence-corrected chi connectivity index (χ4v) is 7.21. The molecule has 10 atom stereocenters. The molecule has 3 aliphatic heterocycles. The summed E-state index contributed by atoms with van der Waals surface area (Å²) in [7, 11) is 1.44. The standard InChI is InChI=1S/C37H51NO12/c1-16-11-10-12-17(2)36(46)38-23-15-24(40)26-27(32(23)44)31(43)21(6)34-28(26)35(45)37(8,50-34)48-14-13-25(47-9)18(3)33(49-22(7)39)20(5)30(42)19(4)29(16)41/h13-20,25,29-30,33,40-44H,10-12H2,1-9H3,(H,38,46)/b14-13+/t16-,17?,18-,19+,20-,25-,29+,30+,33+,37-/m0/s1. The molecule has 2 aromatic carbocycles. The summed E-state index contributed by atoms with van der Waals surface area (Å²) in [6.45, 7) is 12.9. The van der Waals surface area contributed by atoms with Gasteiger partial charge in [-0.25, -0.2) is 0 Å². The van der Waals surface area contributed by atoms with E-state index >= 15 is 0 Å². The van der Waals surface area contributed by atoms with Crippen LogP contribution in [0.5, 0.6) is 23.0 Å². The number of phenolic OH excluding ortho intramolecular Hbond substituents is 3. The fraction of sp³-hybridized carbons (Fsp3) is 0.595. The third kappa shape index (κ3) is 7.22. The van der Waals surface area contributed by atoms with E-state index < -0.39 is 88.8 Å². The molecule has 0 saturated heterocycles. The van der Waals surface area contributed by atoms with Gasteiger partial charge in [0.1, 0.15) is 23.4 Å². The van der Waals surface area contributed by atoms with Crippen LogP contribution in [0.2, 0.25) is 0 Å². The summed E-state index contributed by atoms with van der Waals surface area (Å²) in [5.74, 6) is -7.81. The molecular formula is C37H51NO12. The molecule has 50 heavy (non-hydrogen) atoms. The van der Waals surface area contributed by atoms with E-state index in [0.717, 1.165) is 6.07 Å². The van der Waals surface area contributed by atoms with E-state index in [1.54, 1.807) is 27.7 Å². The zero-order valence-corrected chi connectivity index (χ0v) is 30.1. The number of hydrogen-bond donors (Lipinski definition) is 6. The molecule has 13 heteroatoms. The molecule has 1 amide bonds. The highest BCUT2D eigenvalue weighted by Crippen LogP contribution is 2.53. The van der Waals surface area contributed by atoms with Crippen LogP contribution in [0.4, 0.5) is 5.69 Å². The first kappa shape index (κ1) is 38.7. The van der Waals surface area contributed by atoms with E-state index in [1.165, 1.54) is 40.2 Å². The molecule has 6 N–H and O–H groups in total. The molecule has 0 radical (unpaired) electrons. The Bertz CT molecular complexity index is 1660. The molecule has 0 fully saturated rings. The van der Waals surface area contributed by atoms with Gasteiger partial charge < -0.3 is 49.8 Å². The third-order valence-electron chi connectivity index (χ3n) is 10.5. The Morgan fingerprint density at radius 1 is 0.960 bits per heavy atom. The van der Waals surface area contributed by atoms with Crippen molar-refractivity contribution in [1.29, 1.82) is 0 Å². The number of esters is 1. The molecule has 1 unspecified atom stereocenters. The monoisotopic (exact) mass is 701 g/mol. The van der Waals surface area contributed by atoms with Crippen LogP contribution < -0.4 is 10.1 Å². The Hall–Kier alpha value is -4.07. The highest BCUT2D eigenvalue weighted by atomic mass is 16.7. The minimum absolute atomic E-state index is 0.0542. The van der Waals surface area contributed by atoms with Crippen molar-refractivity contribution in [1.82, 2.24) is 0 Å². The number of aliphatic hydroxyl groups excluding tert-OH is 2. The average molecular weight is 702 g/mol. The van der Waals surface area contributed by atoms with Crippen molar-refractivity contribution < 1.29 is 58.9 Å². The summed E-state index contributed by atoms with van der Waals surface area (Å²) >= 11 is 0. The molecule has 5 rings (SSSR count). The number of ketones is 1. The van der Waals surface area contributed by atoms with Gasteiger partial charge in [-0.1, -0.05) is 41.0 Å². The maximum atomic E-state index is 13.9. The molecule has 0 aliphatic carbocycles. The van der Waals surface area contributed by atoms with Gasteiger partial charge in [-0.2, -0.15) is 0 Å². The molecule has 2 aromatic rings. The molecule has 0 aromatic heterocycles. The quantitative estimate of drug-likeness (QED) is 0.138. The summed E-state index contributed by atoms with van der Waals surface area (Å²) < 4.78 is 23.3. The number of ether oxygens (including phenoxy) is 4. The number of hydrogen-bond acceptors (Lipinski definition) is 12. The van der Waals surface area contributed by atoms with Crippen molar-refractivity contribution in [3.63, 3.8) is 0 Å². The van der Waals surface area contributed by atoms with Gasteiger partial charge in [0, 0.05) is 61.6 Å².